The fraction of sp³-hybridized carbons (Fsp3) is 0.0556. The lowest BCUT2D eigenvalue weighted by Crippen LogP contribution is -2.35. The van der Waals surface area contributed by atoms with E-state index in [1.807, 2.05) is 0 Å². The Morgan fingerprint density at radius 3 is 2.57 bits per heavy atom. The number of nitrogens with two attached hydrogens (primary N) is 1. The van der Waals surface area contributed by atoms with Gasteiger partial charge in [0.2, 0.25) is 0 Å². The van der Waals surface area contributed by atoms with Gasteiger partial charge in [-0.2, -0.15) is 0 Å². The van der Waals surface area contributed by atoms with Gasteiger partial charge in [0.05, 0.1) is 10.6 Å². The monoisotopic (exact) mass is 382 g/mol. The molecule has 2 aromatic carbocycles. The molecule has 1 aliphatic heterocycles. The van der Waals surface area contributed by atoms with Gasteiger partial charge < -0.3 is 10.5 Å². The number of hydrazine groups is 1. The molecule has 0 spiro atoms. The lowest BCUT2D eigenvalue weighted by atomic mass is 10.1. The number of nitro benzene ring substituents is 1. The number of benzene rings is 2. The topological polar surface area (TPSA) is 145 Å². The third-order valence-corrected chi connectivity index (χ3v) is 3.77. The molecule has 3 N–H and O–H groups in total. The highest BCUT2D eigenvalue weighted by atomic mass is 16.6. The van der Waals surface area contributed by atoms with E-state index in [1.165, 1.54) is 18.2 Å². The molecule has 0 bridgehead atoms. The van der Waals surface area contributed by atoms with Crippen LogP contribution in [0.1, 0.15) is 5.56 Å². The van der Waals surface area contributed by atoms with Crippen LogP contribution in [0.15, 0.2) is 54.1 Å². The van der Waals surface area contributed by atoms with Crippen LogP contribution in [-0.4, -0.2) is 29.3 Å². The van der Waals surface area contributed by atoms with E-state index in [9.17, 15) is 24.5 Å². The average Bonchev–Trinajstić information content (AvgIpc) is 2.95. The fourth-order valence-corrected chi connectivity index (χ4v) is 2.52. The number of primary amides is 1. The molecule has 10 heteroatoms. The van der Waals surface area contributed by atoms with Gasteiger partial charge in [-0.3, -0.25) is 29.9 Å². The van der Waals surface area contributed by atoms with E-state index < -0.39 is 34.9 Å². The zero-order chi connectivity index (χ0) is 20.3. The summed E-state index contributed by atoms with van der Waals surface area (Å²) in [6, 6.07) is 12.3. The zero-order valence-corrected chi connectivity index (χ0v) is 14.3. The third kappa shape index (κ3) is 3.80. The molecule has 1 saturated heterocycles. The number of ether oxygens (including phenoxy) is 1. The highest BCUT2D eigenvalue weighted by Crippen LogP contribution is 2.29. The first-order valence-corrected chi connectivity index (χ1v) is 7.98. The van der Waals surface area contributed by atoms with E-state index in [0.29, 0.717) is 5.69 Å². The Balaban J connectivity index is 1.91. The minimum atomic E-state index is -0.783. The summed E-state index contributed by atoms with van der Waals surface area (Å²) in [5.41, 5.74) is 7.52. The van der Waals surface area contributed by atoms with E-state index in [4.69, 9.17) is 10.5 Å². The molecular weight excluding hydrogens is 368 g/mol. The predicted octanol–water partition coefficient (Wildman–Crippen LogP) is 0.920. The molecule has 0 radical (unpaired) electrons. The predicted molar refractivity (Wildman–Crippen MR) is 97.8 cm³/mol. The van der Waals surface area contributed by atoms with Gasteiger partial charge in [0.1, 0.15) is 5.57 Å². The summed E-state index contributed by atoms with van der Waals surface area (Å²) in [4.78, 5) is 46.1. The van der Waals surface area contributed by atoms with Crippen molar-refractivity contribution in [2.24, 2.45) is 5.73 Å². The Morgan fingerprint density at radius 2 is 1.93 bits per heavy atom. The van der Waals surface area contributed by atoms with E-state index in [1.54, 1.807) is 30.3 Å². The van der Waals surface area contributed by atoms with Crippen LogP contribution >= 0.6 is 0 Å². The SMILES string of the molecule is NC(=O)COc1ccc(/C=C2/C(=O)NN(c3ccccc3)C2=O)cc1[N+](=O)[O-]. The first-order chi connectivity index (χ1) is 13.4. The second kappa shape index (κ2) is 7.58. The summed E-state index contributed by atoms with van der Waals surface area (Å²) in [5, 5.41) is 12.3. The van der Waals surface area contributed by atoms with Crippen molar-refractivity contribution in [3.05, 3.63) is 69.8 Å². The van der Waals surface area contributed by atoms with Crippen LogP contribution in [0.4, 0.5) is 11.4 Å². The molecule has 1 aliphatic rings. The molecule has 0 saturated carbocycles. The maximum Gasteiger partial charge on any atom is 0.311 e. The summed E-state index contributed by atoms with van der Waals surface area (Å²) in [5.74, 6) is -2.16. The Morgan fingerprint density at radius 1 is 1.21 bits per heavy atom. The van der Waals surface area contributed by atoms with Gasteiger partial charge in [0.15, 0.2) is 12.4 Å². The van der Waals surface area contributed by atoms with Crippen molar-refractivity contribution in [3.63, 3.8) is 0 Å². The molecule has 1 fully saturated rings. The highest BCUT2D eigenvalue weighted by molar-refractivity contribution is 6.31. The average molecular weight is 382 g/mol. The lowest BCUT2D eigenvalue weighted by molar-refractivity contribution is -0.385. The number of nitro groups is 1. The van der Waals surface area contributed by atoms with Crippen molar-refractivity contribution < 1.29 is 24.0 Å². The largest absolute Gasteiger partial charge is 0.477 e. The molecule has 3 amide bonds. The van der Waals surface area contributed by atoms with Crippen molar-refractivity contribution in [2.75, 3.05) is 11.6 Å². The smallest absolute Gasteiger partial charge is 0.311 e. The van der Waals surface area contributed by atoms with Crippen molar-refractivity contribution in [2.45, 2.75) is 0 Å². The quantitative estimate of drug-likeness (QED) is 0.329. The molecule has 0 aliphatic carbocycles. The van der Waals surface area contributed by atoms with Gasteiger partial charge in [0.25, 0.3) is 17.7 Å². The van der Waals surface area contributed by atoms with Crippen molar-refractivity contribution in [1.82, 2.24) is 5.43 Å². The number of amides is 3. The number of rotatable bonds is 6. The summed E-state index contributed by atoms with van der Waals surface area (Å²) in [7, 11) is 0. The summed E-state index contributed by atoms with van der Waals surface area (Å²) in [6.45, 7) is -0.520. The summed E-state index contributed by atoms with van der Waals surface area (Å²) >= 11 is 0. The Bertz CT molecular complexity index is 1000. The van der Waals surface area contributed by atoms with E-state index in [0.717, 1.165) is 11.1 Å². The molecule has 0 unspecified atom stereocenters. The van der Waals surface area contributed by atoms with E-state index in [2.05, 4.69) is 5.43 Å². The lowest BCUT2D eigenvalue weighted by Gasteiger charge is -2.13. The number of nitrogens with zero attached hydrogens (tertiary/aromatic N) is 2. The van der Waals surface area contributed by atoms with Gasteiger partial charge in [-0.1, -0.05) is 24.3 Å². The molecule has 0 atom stereocenters. The molecule has 10 nitrogen and oxygen atoms in total. The highest BCUT2D eigenvalue weighted by Gasteiger charge is 2.34. The van der Waals surface area contributed by atoms with Gasteiger partial charge in [-0.05, 0) is 29.8 Å². The molecule has 2 aromatic rings. The number of anilines is 1. The standard InChI is InChI=1S/C18H14N4O6/c19-16(23)10-28-15-7-6-11(9-14(15)22(26)27)8-13-17(24)20-21(18(13)25)12-4-2-1-3-5-12/h1-9H,10H2,(H2,19,23)(H,20,24)/b13-8-. The second-order valence-corrected chi connectivity index (χ2v) is 5.71. The molecule has 3 rings (SSSR count). The Kier molecular flexibility index (Phi) is 5.03. The maximum atomic E-state index is 12.5. The van der Waals surface area contributed by atoms with Crippen molar-refractivity contribution in [1.29, 1.82) is 0 Å². The van der Waals surface area contributed by atoms with Gasteiger partial charge in [-0.15, -0.1) is 0 Å². The molecule has 28 heavy (non-hydrogen) atoms. The third-order valence-electron chi connectivity index (χ3n) is 3.77. The Labute approximate surface area is 158 Å². The molecule has 0 aromatic heterocycles. The van der Waals surface area contributed by atoms with Crippen LogP contribution in [0, 0.1) is 10.1 Å². The second-order valence-electron chi connectivity index (χ2n) is 5.71. The molecule has 142 valence electrons. The van der Waals surface area contributed by atoms with Crippen LogP contribution < -0.4 is 20.9 Å². The number of carbonyl (C=O) groups is 3. The van der Waals surface area contributed by atoms with Crippen LogP contribution in [0.3, 0.4) is 0 Å². The van der Waals surface area contributed by atoms with E-state index >= 15 is 0 Å². The van der Waals surface area contributed by atoms with Crippen LogP contribution in [0.5, 0.6) is 5.75 Å². The van der Waals surface area contributed by atoms with Gasteiger partial charge >= 0.3 is 5.69 Å². The number of hydrogen-bond acceptors (Lipinski definition) is 6. The zero-order valence-electron chi connectivity index (χ0n) is 14.3. The number of carbonyl (C=O) groups excluding carboxylic acids is 3. The summed E-state index contributed by atoms with van der Waals surface area (Å²) < 4.78 is 5.01. The normalized spacial score (nSPS) is 14.9. The molecular formula is C18H14N4O6. The van der Waals surface area contributed by atoms with Gasteiger partial charge in [-0.25, -0.2) is 5.01 Å². The minimum Gasteiger partial charge on any atom is -0.477 e. The van der Waals surface area contributed by atoms with Crippen molar-refractivity contribution in [3.8, 4) is 5.75 Å². The minimum absolute atomic E-state index is 0.154. The van der Waals surface area contributed by atoms with E-state index in [-0.39, 0.29) is 16.9 Å². The Hall–Kier alpha value is -4.21. The van der Waals surface area contributed by atoms with Crippen molar-refractivity contribution >= 4 is 35.2 Å². The van der Waals surface area contributed by atoms with Crippen LogP contribution in [0.2, 0.25) is 0 Å². The van der Waals surface area contributed by atoms with Crippen LogP contribution in [0.25, 0.3) is 6.08 Å². The number of hydrogen-bond donors (Lipinski definition) is 2. The first kappa shape index (κ1) is 18.6. The molecule has 1 heterocycles. The number of para-hydroxylation sites is 1. The first-order valence-electron chi connectivity index (χ1n) is 7.98. The summed E-state index contributed by atoms with van der Waals surface area (Å²) in [6.07, 6.45) is 1.24. The number of nitrogens with one attached hydrogen (secondary N) is 1. The maximum absolute atomic E-state index is 12.5. The van der Waals surface area contributed by atoms with Gasteiger partial charge in [0, 0.05) is 6.07 Å². The van der Waals surface area contributed by atoms with Crippen LogP contribution in [-0.2, 0) is 14.4 Å². The fourth-order valence-electron chi connectivity index (χ4n) is 2.52.